The first-order valence-corrected chi connectivity index (χ1v) is 16.2. The van der Waals surface area contributed by atoms with E-state index in [0.29, 0.717) is 18.4 Å². The lowest BCUT2D eigenvalue weighted by Gasteiger charge is -2.24. The van der Waals surface area contributed by atoms with Crippen LogP contribution in [0, 0.1) is 5.82 Å². The van der Waals surface area contributed by atoms with Crippen LogP contribution in [0.3, 0.4) is 0 Å². The van der Waals surface area contributed by atoms with Crippen LogP contribution in [0.2, 0.25) is 5.02 Å². The summed E-state index contributed by atoms with van der Waals surface area (Å²) in [5.41, 5.74) is -1.39. The number of anilines is 3. The van der Waals surface area contributed by atoms with Crippen molar-refractivity contribution in [1.29, 1.82) is 0 Å². The van der Waals surface area contributed by atoms with E-state index in [4.69, 9.17) is 16.3 Å². The Labute approximate surface area is 261 Å². The van der Waals surface area contributed by atoms with Crippen molar-refractivity contribution in [2.75, 3.05) is 27.5 Å². The molecule has 16 heteroatoms. The molecule has 0 aliphatic heterocycles. The molecule has 45 heavy (non-hydrogen) atoms. The van der Waals surface area contributed by atoms with E-state index >= 15 is 0 Å². The third-order valence-corrected chi connectivity index (χ3v) is 9.61. The molecule has 0 unspecified atom stereocenters. The summed E-state index contributed by atoms with van der Waals surface area (Å²) in [6, 6.07) is 17.1. The van der Waals surface area contributed by atoms with E-state index in [9.17, 15) is 39.2 Å². The van der Waals surface area contributed by atoms with Crippen molar-refractivity contribution in [3.8, 4) is 5.75 Å². The van der Waals surface area contributed by atoms with E-state index < -0.39 is 55.1 Å². The summed E-state index contributed by atoms with van der Waals surface area (Å²) >= 11 is 5.59. The predicted molar refractivity (Wildman–Crippen MR) is 161 cm³/mol. The summed E-state index contributed by atoms with van der Waals surface area (Å²) in [5, 5.41) is 1.88. The molecule has 0 atom stereocenters. The molecule has 9 nitrogen and oxygen atoms in total. The van der Waals surface area contributed by atoms with Crippen molar-refractivity contribution in [2.45, 2.75) is 22.9 Å². The molecule has 0 aliphatic carbocycles. The van der Waals surface area contributed by atoms with Crippen LogP contribution in [-0.2, 0) is 31.0 Å². The van der Waals surface area contributed by atoms with E-state index in [1.54, 1.807) is 6.92 Å². The zero-order valence-corrected chi connectivity index (χ0v) is 25.6. The van der Waals surface area contributed by atoms with Gasteiger partial charge < -0.3 is 10.1 Å². The molecule has 4 rings (SSSR count). The maximum Gasteiger partial charge on any atom is 0.417 e. The van der Waals surface area contributed by atoms with Gasteiger partial charge in [-0.25, -0.2) is 21.2 Å². The number of amides is 1. The summed E-state index contributed by atoms with van der Waals surface area (Å²) in [6.45, 7) is 1.43. The van der Waals surface area contributed by atoms with Crippen LogP contribution in [0.15, 0.2) is 101 Å². The topological polar surface area (TPSA) is 122 Å². The largest absolute Gasteiger partial charge is 0.494 e. The Kier molecular flexibility index (Phi) is 9.95. The van der Waals surface area contributed by atoms with Gasteiger partial charge in [0.1, 0.15) is 18.1 Å². The Morgan fingerprint density at radius 2 is 1.42 bits per heavy atom. The number of ether oxygens (including phenoxy) is 1. The molecule has 4 aromatic carbocycles. The number of sulfonamides is 2. The summed E-state index contributed by atoms with van der Waals surface area (Å²) < 4.78 is 114. The number of alkyl halides is 3. The van der Waals surface area contributed by atoms with Gasteiger partial charge in [0.25, 0.3) is 20.0 Å². The monoisotopic (exact) mass is 685 g/mol. The van der Waals surface area contributed by atoms with E-state index in [1.165, 1.54) is 36.4 Å². The van der Waals surface area contributed by atoms with Crippen molar-refractivity contribution in [2.24, 2.45) is 0 Å². The molecule has 0 aliphatic rings. The highest BCUT2D eigenvalue weighted by atomic mass is 35.5. The van der Waals surface area contributed by atoms with Gasteiger partial charge in [-0.05, 0) is 97.9 Å². The van der Waals surface area contributed by atoms with Crippen LogP contribution in [0.25, 0.3) is 0 Å². The average molecular weight is 686 g/mol. The van der Waals surface area contributed by atoms with Crippen LogP contribution in [-0.4, -0.2) is 35.9 Å². The molecule has 238 valence electrons. The van der Waals surface area contributed by atoms with Crippen molar-refractivity contribution in [3.63, 3.8) is 0 Å². The summed E-state index contributed by atoms with van der Waals surface area (Å²) in [4.78, 5) is 12.4. The third-order valence-electron chi connectivity index (χ3n) is 6.10. The summed E-state index contributed by atoms with van der Waals surface area (Å²) in [5.74, 6) is -0.991. The van der Waals surface area contributed by atoms with Crippen LogP contribution < -0.4 is 19.1 Å². The number of benzene rings is 4. The van der Waals surface area contributed by atoms with Crippen LogP contribution in [0.5, 0.6) is 5.75 Å². The van der Waals surface area contributed by atoms with Crippen molar-refractivity contribution in [1.82, 2.24) is 0 Å². The molecular weight excluding hydrogens is 662 g/mol. The minimum absolute atomic E-state index is 0.0932. The van der Waals surface area contributed by atoms with Crippen LogP contribution >= 0.6 is 11.6 Å². The predicted octanol–water partition coefficient (Wildman–Crippen LogP) is 6.53. The molecule has 0 fully saturated rings. The first kappa shape index (κ1) is 33.6. The zero-order chi connectivity index (χ0) is 33.0. The number of carbonyl (C=O) groups excluding carboxylic acids is 1. The second-order valence-corrected chi connectivity index (χ2v) is 13.2. The second-order valence-electron chi connectivity index (χ2n) is 9.26. The standard InChI is InChI=1S/C29H24ClF4N3O6S2/c1-2-43-23-10-8-22(9-11-23)37(45(41,42)25-12-3-19(31)4-13-25)18-28(38)35-20-5-14-24(15-6-20)44(39,40)36-21-7-16-27(30)26(17-21)29(32,33)34/h3-17,36H,2,18H2,1H3,(H,35,38). The van der Waals surface area contributed by atoms with Crippen molar-refractivity contribution < 1.29 is 43.9 Å². The molecule has 0 saturated carbocycles. The van der Waals surface area contributed by atoms with Gasteiger partial charge in [-0.1, -0.05) is 11.6 Å². The summed E-state index contributed by atoms with van der Waals surface area (Å²) in [6.07, 6.45) is -4.81. The Hall–Kier alpha value is -4.34. The van der Waals surface area contributed by atoms with Gasteiger partial charge in [-0.3, -0.25) is 13.8 Å². The first-order chi connectivity index (χ1) is 21.1. The zero-order valence-electron chi connectivity index (χ0n) is 23.2. The van der Waals surface area contributed by atoms with Gasteiger partial charge in [0.2, 0.25) is 5.91 Å². The molecule has 0 radical (unpaired) electrons. The lowest BCUT2D eigenvalue weighted by molar-refractivity contribution is -0.137. The molecule has 0 aromatic heterocycles. The van der Waals surface area contributed by atoms with E-state index in [0.717, 1.165) is 52.8 Å². The van der Waals surface area contributed by atoms with Gasteiger partial charge in [0.15, 0.2) is 0 Å². The fraction of sp³-hybridized carbons (Fsp3) is 0.138. The second kappa shape index (κ2) is 13.3. The lowest BCUT2D eigenvalue weighted by Crippen LogP contribution is -2.38. The fourth-order valence-corrected chi connectivity index (χ4v) is 6.69. The molecular formula is C29H24ClF4N3O6S2. The number of carbonyl (C=O) groups is 1. The van der Waals surface area contributed by atoms with Crippen LogP contribution in [0.1, 0.15) is 12.5 Å². The normalized spacial score (nSPS) is 12.0. The van der Waals surface area contributed by atoms with Crippen molar-refractivity contribution in [3.05, 3.63) is 107 Å². The number of hydrogen-bond acceptors (Lipinski definition) is 6. The number of halogens is 5. The van der Waals surface area contributed by atoms with E-state index in [-0.39, 0.29) is 26.9 Å². The molecule has 0 spiro atoms. The SMILES string of the molecule is CCOc1ccc(N(CC(=O)Nc2ccc(S(=O)(=O)Nc3ccc(Cl)c(C(F)(F)F)c3)cc2)S(=O)(=O)c2ccc(F)cc2)cc1. The Morgan fingerprint density at radius 3 is 2.00 bits per heavy atom. The smallest absolute Gasteiger partial charge is 0.417 e. The van der Waals surface area contributed by atoms with E-state index in [1.807, 2.05) is 4.72 Å². The fourth-order valence-electron chi connectivity index (χ4n) is 3.99. The Balaban J connectivity index is 1.53. The van der Waals surface area contributed by atoms with Gasteiger partial charge in [-0.2, -0.15) is 13.2 Å². The molecule has 0 bridgehead atoms. The van der Waals surface area contributed by atoms with E-state index in [2.05, 4.69) is 5.32 Å². The van der Waals surface area contributed by atoms with Gasteiger partial charge in [0.05, 0.1) is 32.7 Å². The first-order valence-electron chi connectivity index (χ1n) is 12.9. The van der Waals surface area contributed by atoms with Crippen molar-refractivity contribution >= 4 is 54.6 Å². The van der Waals surface area contributed by atoms with Crippen LogP contribution in [0.4, 0.5) is 34.6 Å². The quantitative estimate of drug-likeness (QED) is 0.173. The number of rotatable bonds is 11. The molecule has 4 aromatic rings. The lowest BCUT2D eigenvalue weighted by atomic mass is 10.2. The minimum atomic E-state index is -4.81. The minimum Gasteiger partial charge on any atom is -0.494 e. The molecule has 1 amide bonds. The van der Waals surface area contributed by atoms with Gasteiger partial charge in [-0.15, -0.1) is 0 Å². The molecule has 0 heterocycles. The highest BCUT2D eigenvalue weighted by Gasteiger charge is 2.34. The Bertz CT molecular complexity index is 1890. The van der Waals surface area contributed by atoms with Gasteiger partial charge in [0, 0.05) is 11.4 Å². The number of hydrogen-bond donors (Lipinski definition) is 2. The number of nitrogens with one attached hydrogen (secondary N) is 2. The number of nitrogens with zero attached hydrogens (tertiary/aromatic N) is 1. The highest BCUT2D eigenvalue weighted by molar-refractivity contribution is 7.93. The summed E-state index contributed by atoms with van der Waals surface area (Å²) in [7, 11) is -8.70. The molecule has 0 saturated heterocycles. The average Bonchev–Trinajstić information content (AvgIpc) is 2.97. The Morgan fingerprint density at radius 1 is 0.844 bits per heavy atom. The maximum absolute atomic E-state index is 13.5. The highest BCUT2D eigenvalue weighted by Crippen LogP contribution is 2.36. The third kappa shape index (κ3) is 8.23. The molecule has 2 N–H and O–H groups in total. The van der Waals surface area contributed by atoms with Gasteiger partial charge >= 0.3 is 6.18 Å². The maximum atomic E-state index is 13.5.